The summed E-state index contributed by atoms with van der Waals surface area (Å²) in [6.07, 6.45) is 2.16. The topological polar surface area (TPSA) is 55.6 Å². The third kappa shape index (κ3) is 5.83. The van der Waals surface area contributed by atoms with Crippen molar-refractivity contribution >= 4 is 11.8 Å². The first kappa shape index (κ1) is 20.4. The number of hydrogen-bond acceptors (Lipinski definition) is 5. The molecule has 1 N–H and O–H groups in total. The van der Waals surface area contributed by atoms with Crippen molar-refractivity contribution in [1.82, 2.24) is 25.5 Å². The Bertz CT molecular complexity index is 761. The molecule has 0 amide bonds. The van der Waals surface area contributed by atoms with E-state index in [9.17, 15) is 0 Å². The molecule has 0 aliphatic heterocycles. The third-order valence-electron chi connectivity index (χ3n) is 3.93. The van der Waals surface area contributed by atoms with Crippen molar-refractivity contribution in [2.75, 3.05) is 12.3 Å². The molecule has 26 heavy (non-hydrogen) atoms. The van der Waals surface area contributed by atoms with Crippen LogP contribution in [0.4, 0.5) is 0 Å². The minimum Gasteiger partial charge on any atom is -1.00 e. The van der Waals surface area contributed by atoms with Gasteiger partial charge in [0.1, 0.15) is 0 Å². The average Bonchev–Trinajstić information content (AvgIpc) is 3.14. The third-order valence-corrected chi connectivity index (χ3v) is 4.94. The Labute approximate surface area is 165 Å². The van der Waals surface area contributed by atoms with Crippen molar-refractivity contribution < 1.29 is 12.4 Å². The number of halogens is 1. The van der Waals surface area contributed by atoms with Gasteiger partial charge in [-0.05, 0) is 53.1 Å². The molecule has 5 nitrogen and oxygen atoms in total. The summed E-state index contributed by atoms with van der Waals surface area (Å²) >= 11 is 1.69. The van der Waals surface area contributed by atoms with Gasteiger partial charge in [0.05, 0.1) is 5.69 Å². The number of nitrogens with zero attached hydrogens (tertiary/aromatic N) is 4. The Morgan fingerprint density at radius 1 is 1.00 bits per heavy atom. The Balaban J connectivity index is 0.00000243. The van der Waals surface area contributed by atoms with E-state index < -0.39 is 0 Å². The Morgan fingerprint density at radius 3 is 2.46 bits per heavy atom. The molecule has 3 rings (SSSR count). The zero-order valence-corrected chi connectivity index (χ0v) is 16.4. The molecule has 0 aliphatic carbocycles. The molecule has 0 fully saturated rings. The summed E-state index contributed by atoms with van der Waals surface area (Å²) in [5, 5.41) is 16.3. The van der Waals surface area contributed by atoms with Crippen LogP contribution in [0.15, 0.2) is 59.8 Å². The smallest absolute Gasteiger partial charge is 0.214 e. The minimum absolute atomic E-state index is 0. The highest BCUT2D eigenvalue weighted by Crippen LogP contribution is 2.18. The van der Waals surface area contributed by atoms with E-state index in [0.29, 0.717) is 0 Å². The first-order valence-electron chi connectivity index (χ1n) is 8.62. The fourth-order valence-corrected chi connectivity index (χ4v) is 3.32. The van der Waals surface area contributed by atoms with Gasteiger partial charge in [-0.1, -0.05) is 61.2 Å². The zero-order valence-electron chi connectivity index (χ0n) is 14.8. The van der Waals surface area contributed by atoms with Gasteiger partial charge in [-0.15, -0.1) is 5.10 Å². The number of benzene rings is 2. The summed E-state index contributed by atoms with van der Waals surface area (Å²) in [5.74, 6) is 0.981. The predicted octanol–water partition coefficient (Wildman–Crippen LogP) is 0.501. The summed E-state index contributed by atoms with van der Waals surface area (Å²) in [4.78, 5) is 0. The minimum atomic E-state index is 0. The molecule has 138 valence electrons. The molecule has 0 unspecified atom stereocenters. The van der Waals surface area contributed by atoms with Gasteiger partial charge < -0.3 is 17.7 Å². The Morgan fingerprint density at radius 2 is 1.73 bits per heavy atom. The Hall–Kier alpha value is -1.89. The average molecular weight is 389 g/mol. The van der Waals surface area contributed by atoms with Crippen LogP contribution in [-0.2, 0) is 13.0 Å². The van der Waals surface area contributed by atoms with Crippen LogP contribution in [0.25, 0.3) is 5.69 Å². The summed E-state index contributed by atoms with van der Waals surface area (Å²) < 4.78 is 1.79. The summed E-state index contributed by atoms with van der Waals surface area (Å²) in [5.41, 5.74) is 3.71. The van der Waals surface area contributed by atoms with Crippen LogP contribution in [0.1, 0.15) is 24.5 Å². The van der Waals surface area contributed by atoms with Crippen molar-refractivity contribution in [2.45, 2.75) is 31.5 Å². The molecule has 2 aromatic carbocycles. The maximum Gasteiger partial charge on any atom is 0.214 e. The van der Waals surface area contributed by atoms with E-state index in [1.165, 1.54) is 11.1 Å². The van der Waals surface area contributed by atoms with Crippen molar-refractivity contribution in [3.63, 3.8) is 0 Å². The fraction of sp³-hybridized carbons (Fsp3) is 0.316. The lowest BCUT2D eigenvalue weighted by atomic mass is 10.1. The van der Waals surface area contributed by atoms with Crippen LogP contribution in [0.2, 0.25) is 0 Å². The number of hydrogen-bond donors (Lipinski definition) is 1. The number of thioether (sulfide) groups is 1. The molecule has 0 atom stereocenters. The van der Waals surface area contributed by atoms with Gasteiger partial charge in [0.2, 0.25) is 5.16 Å². The zero-order chi connectivity index (χ0) is 17.3. The largest absolute Gasteiger partial charge is 1.00 e. The highest BCUT2D eigenvalue weighted by molar-refractivity contribution is 7.99. The summed E-state index contributed by atoms with van der Waals surface area (Å²) in [6, 6.07) is 18.8. The van der Waals surface area contributed by atoms with Crippen LogP contribution >= 0.6 is 11.8 Å². The molecule has 0 saturated heterocycles. The predicted molar refractivity (Wildman–Crippen MR) is 102 cm³/mol. The molecular weight excluding hydrogens is 366 g/mol. The number of para-hydroxylation sites is 1. The van der Waals surface area contributed by atoms with Crippen molar-refractivity contribution in [1.29, 1.82) is 0 Å². The van der Waals surface area contributed by atoms with Crippen molar-refractivity contribution in [3.05, 3.63) is 65.7 Å². The fourth-order valence-electron chi connectivity index (χ4n) is 2.49. The SMILES string of the molecule is CCc1ccc(CNCCCSc2nnnn2-c2ccccc2)cc1.[Cl-]. The maximum absolute atomic E-state index is 4.12. The molecule has 0 radical (unpaired) electrons. The molecule has 1 aromatic heterocycles. The standard InChI is InChI=1S/C19H23N5S.ClH/c1-2-16-9-11-17(12-10-16)15-20-13-6-14-25-19-21-22-23-24(19)18-7-4-3-5-8-18;/h3-5,7-12,20H,2,6,13-15H2,1H3;1H/p-1. The monoisotopic (exact) mass is 388 g/mol. The van der Waals surface area contributed by atoms with E-state index in [2.05, 4.69) is 52.0 Å². The first-order valence-corrected chi connectivity index (χ1v) is 9.60. The number of nitrogens with one attached hydrogen (secondary N) is 1. The van der Waals surface area contributed by atoms with Crippen LogP contribution in [0.3, 0.4) is 0 Å². The highest BCUT2D eigenvalue weighted by Gasteiger charge is 2.07. The van der Waals surface area contributed by atoms with Gasteiger partial charge in [-0.2, -0.15) is 4.68 Å². The van der Waals surface area contributed by atoms with E-state index in [-0.39, 0.29) is 12.4 Å². The summed E-state index contributed by atoms with van der Waals surface area (Å²) in [6.45, 7) is 4.07. The molecule has 0 spiro atoms. The van der Waals surface area contributed by atoms with Gasteiger partial charge >= 0.3 is 0 Å². The van der Waals surface area contributed by atoms with E-state index in [1.54, 1.807) is 16.4 Å². The second-order valence-corrected chi connectivity index (χ2v) is 6.82. The van der Waals surface area contributed by atoms with Gasteiger partial charge in [0.25, 0.3) is 0 Å². The van der Waals surface area contributed by atoms with Gasteiger partial charge in [-0.3, -0.25) is 0 Å². The number of aryl methyl sites for hydroxylation is 1. The van der Waals surface area contributed by atoms with E-state index in [1.807, 2.05) is 30.3 Å². The van der Waals surface area contributed by atoms with Gasteiger partial charge in [0, 0.05) is 12.3 Å². The lowest BCUT2D eigenvalue weighted by Gasteiger charge is -2.06. The normalized spacial score (nSPS) is 10.5. The number of tetrazole rings is 1. The molecule has 1 heterocycles. The van der Waals surface area contributed by atoms with Gasteiger partial charge in [-0.25, -0.2) is 0 Å². The molecule has 0 aliphatic rings. The van der Waals surface area contributed by atoms with Crippen LogP contribution in [-0.4, -0.2) is 32.5 Å². The lowest BCUT2D eigenvalue weighted by molar-refractivity contribution is -0.00000525. The first-order chi connectivity index (χ1) is 12.4. The number of aromatic nitrogens is 4. The van der Waals surface area contributed by atoms with Gasteiger partial charge in [0.15, 0.2) is 0 Å². The molecule has 7 heteroatoms. The second kappa shape index (κ2) is 11.0. The van der Waals surface area contributed by atoms with E-state index >= 15 is 0 Å². The molecule has 3 aromatic rings. The van der Waals surface area contributed by atoms with Crippen molar-refractivity contribution in [2.24, 2.45) is 0 Å². The highest BCUT2D eigenvalue weighted by atomic mass is 35.5. The molecule has 0 bridgehead atoms. The maximum atomic E-state index is 4.12. The second-order valence-electron chi connectivity index (χ2n) is 5.76. The summed E-state index contributed by atoms with van der Waals surface area (Å²) in [7, 11) is 0. The molecule has 0 saturated carbocycles. The van der Waals surface area contributed by atoms with Crippen LogP contribution in [0, 0.1) is 0 Å². The Kier molecular flexibility index (Phi) is 8.61. The van der Waals surface area contributed by atoms with E-state index in [0.717, 1.165) is 42.5 Å². The quantitative estimate of drug-likeness (QED) is 0.427. The van der Waals surface area contributed by atoms with Crippen molar-refractivity contribution in [3.8, 4) is 5.69 Å². The van der Waals surface area contributed by atoms with Crippen LogP contribution in [0.5, 0.6) is 0 Å². The van der Waals surface area contributed by atoms with Crippen LogP contribution < -0.4 is 17.7 Å². The van der Waals surface area contributed by atoms with E-state index in [4.69, 9.17) is 0 Å². The number of rotatable bonds is 9. The lowest BCUT2D eigenvalue weighted by Crippen LogP contribution is -3.00. The molecular formula is C19H23ClN5S-.